The van der Waals surface area contributed by atoms with Crippen molar-refractivity contribution in [3.63, 3.8) is 0 Å². The molecule has 0 radical (unpaired) electrons. The number of hydrogen-bond donors (Lipinski definition) is 3. The van der Waals surface area contributed by atoms with E-state index in [1.807, 2.05) is 6.92 Å². The molecule has 0 aromatic heterocycles. The number of carbonyl (C=O) groups excluding carboxylic acids is 1. The van der Waals surface area contributed by atoms with Gasteiger partial charge in [-0.3, -0.25) is 9.52 Å². The van der Waals surface area contributed by atoms with Crippen molar-refractivity contribution >= 4 is 38.9 Å². The monoisotopic (exact) mass is 333 g/mol. The molecule has 1 rings (SSSR count). The van der Waals surface area contributed by atoms with Crippen LogP contribution in [-0.2, 0) is 14.8 Å². The van der Waals surface area contributed by atoms with Crippen molar-refractivity contribution in [3.05, 3.63) is 23.2 Å². The maximum Gasteiger partial charge on any atom is 0.229 e. The van der Waals surface area contributed by atoms with Gasteiger partial charge in [0, 0.05) is 18.2 Å². The molecule has 0 fully saturated rings. The standard InChI is InChI=1S/C13H20ClN3O3S/c1-9(15)4-3-5-13(18)16-10-6-7-12(11(14)8-10)17-21(2,19)20/h6-9,17H,3-5,15H2,1-2H3,(H,16,18). The second kappa shape index (κ2) is 7.63. The molecule has 1 unspecified atom stereocenters. The summed E-state index contributed by atoms with van der Waals surface area (Å²) in [6.07, 6.45) is 2.91. The maximum atomic E-state index is 11.7. The molecule has 6 nitrogen and oxygen atoms in total. The minimum atomic E-state index is -3.39. The first-order chi connectivity index (χ1) is 9.67. The number of nitrogens with two attached hydrogens (primary N) is 1. The minimum absolute atomic E-state index is 0.0774. The quantitative estimate of drug-likeness (QED) is 0.711. The fourth-order valence-electron chi connectivity index (χ4n) is 1.68. The Kier molecular flexibility index (Phi) is 6.44. The molecule has 1 aromatic rings. The molecule has 21 heavy (non-hydrogen) atoms. The van der Waals surface area contributed by atoms with Crippen molar-refractivity contribution in [3.8, 4) is 0 Å². The molecule has 8 heteroatoms. The lowest BCUT2D eigenvalue weighted by molar-refractivity contribution is -0.116. The summed E-state index contributed by atoms with van der Waals surface area (Å²) in [4.78, 5) is 11.7. The number of halogens is 1. The van der Waals surface area contributed by atoms with Gasteiger partial charge >= 0.3 is 0 Å². The number of sulfonamides is 1. The smallest absolute Gasteiger partial charge is 0.229 e. The lowest BCUT2D eigenvalue weighted by Crippen LogP contribution is -2.17. The summed E-state index contributed by atoms with van der Waals surface area (Å²) in [7, 11) is -3.39. The molecule has 0 spiro atoms. The molecule has 4 N–H and O–H groups in total. The second-order valence-corrected chi connectivity index (χ2v) is 7.14. The van der Waals surface area contributed by atoms with Crippen LogP contribution in [0.15, 0.2) is 18.2 Å². The maximum absolute atomic E-state index is 11.7. The third-order valence-corrected chi connectivity index (χ3v) is 3.51. The zero-order chi connectivity index (χ0) is 16.0. The summed E-state index contributed by atoms with van der Waals surface area (Å²) in [5.74, 6) is -0.129. The Morgan fingerprint density at radius 1 is 1.43 bits per heavy atom. The Balaban J connectivity index is 2.61. The zero-order valence-electron chi connectivity index (χ0n) is 12.0. The topological polar surface area (TPSA) is 101 Å². The Hall–Kier alpha value is -1.31. The van der Waals surface area contributed by atoms with Gasteiger partial charge in [0.05, 0.1) is 17.0 Å². The van der Waals surface area contributed by atoms with E-state index >= 15 is 0 Å². The first kappa shape index (κ1) is 17.7. The molecule has 0 aliphatic rings. The summed E-state index contributed by atoms with van der Waals surface area (Å²) >= 11 is 5.97. The Bertz CT molecular complexity index is 603. The van der Waals surface area contributed by atoms with Gasteiger partial charge in [-0.05, 0) is 38.0 Å². The number of amides is 1. The molecule has 0 saturated heterocycles. The van der Waals surface area contributed by atoms with E-state index in [0.717, 1.165) is 12.7 Å². The summed E-state index contributed by atoms with van der Waals surface area (Å²) in [6.45, 7) is 1.89. The molecule has 1 amide bonds. The van der Waals surface area contributed by atoms with Gasteiger partial charge < -0.3 is 11.1 Å². The fraction of sp³-hybridized carbons (Fsp3) is 0.462. The Morgan fingerprint density at radius 2 is 2.10 bits per heavy atom. The molecule has 0 heterocycles. The van der Waals surface area contributed by atoms with Gasteiger partial charge in [-0.15, -0.1) is 0 Å². The van der Waals surface area contributed by atoms with Crippen molar-refractivity contribution in [2.75, 3.05) is 16.3 Å². The average Bonchev–Trinajstić information content (AvgIpc) is 2.30. The molecule has 0 aliphatic carbocycles. The Labute approximate surface area is 130 Å². The fourth-order valence-corrected chi connectivity index (χ4v) is 2.54. The predicted molar refractivity (Wildman–Crippen MR) is 86.0 cm³/mol. The van der Waals surface area contributed by atoms with Crippen LogP contribution in [0.4, 0.5) is 11.4 Å². The lowest BCUT2D eigenvalue weighted by atomic mass is 10.1. The van der Waals surface area contributed by atoms with Crippen LogP contribution in [0.25, 0.3) is 0 Å². The van der Waals surface area contributed by atoms with Crippen molar-refractivity contribution in [2.45, 2.75) is 32.2 Å². The van der Waals surface area contributed by atoms with Gasteiger partial charge in [0.1, 0.15) is 0 Å². The van der Waals surface area contributed by atoms with Crippen molar-refractivity contribution in [2.24, 2.45) is 5.73 Å². The van der Waals surface area contributed by atoms with Gasteiger partial charge in [-0.1, -0.05) is 11.6 Å². The van der Waals surface area contributed by atoms with Gasteiger partial charge in [-0.2, -0.15) is 0 Å². The van der Waals surface area contributed by atoms with Crippen LogP contribution in [0.1, 0.15) is 26.2 Å². The van der Waals surface area contributed by atoms with E-state index in [2.05, 4.69) is 10.0 Å². The van der Waals surface area contributed by atoms with Crippen molar-refractivity contribution < 1.29 is 13.2 Å². The van der Waals surface area contributed by atoms with Crippen LogP contribution in [0.5, 0.6) is 0 Å². The number of nitrogens with one attached hydrogen (secondary N) is 2. The number of rotatable bonds is 7. The molecule has 118 valence electrons. The van der Waals surface area contributed by atoms with Gasteiger partial charge in [-0.25, -0.2) is 8.42 Å². The highest BCUT2D eigenvalue weighted by Gasteiger charge is 2.09. The summed E-state index contributed by atoms with van der Waals surface area (Å²) in [6, 6.07) is 4.66. The molecule has 0 bridgehead atoms. The van der Waals surface area contributed by atoms with Crippen LogP contribution in [0, 0.1) is 0 Å². The van der Waals surface area contributed by atoms with Crippen LogP contribution >= 0.6 is 11.6 Å². The van der Waals surface area contributed by atoms with Crippen molar-refractivity contribution in [1.29, 1.82) is 0 Å². The lowest BCUT2D eigenvalue weighted by Gasteiger charge is -2.10. The molecular formula is C13H20ClN3O3S. The first-order valence-corrected chi connectivity index (χ1v) is 8.77. The van der Waals surface area contributed by atoms with E-state index < -0.39 is 10.0 Å². The highest BCUT2D eigenvalue weighted by atomic mass is 35.5. The number of hydrogen-bond acceptors (Lipinski definition) is 4. The molecule has 1 atom stereocenters. The van der Waals surface area contributed by atoms with E-state index in [4.69, 9.17) is 17.3 Å². The Morgan fingerprint density at radius 3 is 2.62 bits per heavy atom. The summed E-state index contributed by atoms with van der Waals surface area (Å²) in [5, 5.41) is 2.92. The predicted octanol–water partition coefficient (Wildman–Crippen LogP) is 2.17. The van der Waals surface area contributed by atoms with E-state index in [0.29, 0.717) is 18.5 Å². The van der Waals surface area contributed by atoms with Crippen LogP contribution in [-0.4, -0.2) is 26.6 Å². The van der Waals surface area contributed by atoms with Gasteiger partial charge in [0.2, 0.25) is 15.9 Å². The molecule has 1 aromatic carbocycles. The van der Waals surface area contributed by atoms with Crippen LogP contribution < -0.4 is 15.8 Å². The van der Waals surface area contributed by atoms with E-state index in [1.54, 1.807) is 6.07 Å². The van der Waals surface area contributed by atoms with E-state index in [-0.39, 0.29) is 22.7 Å². The van der Waals surface area contributed by atoms with Gasteiger partial charge in [0.25, 0.3) is 0 Å². The molecule has 0 aliphatic heterocycles. The SMILES string of the molecule is CC(N)CCCC(=O)Nc1ccc(NS(C)(=O)=O)c(Cl)c1. The van der Waals surface area contributed by atoms with E-state index in [1.165, 1.54) is 12.1 Å². The number of benzene rings is 1. The van der Waals surface area contributed by atoms with Gasteiger partial charge in [0.15, 0.2) is 0 Å². The van der Waals surface area contributed by atoms with Crippen LogP contribution in [0.3, 0.4) is 0 Å². The average molecular weight is 334 g/mol. The second-order valence-electron chi connectivity index (χ2n) is 4.99. The summed E-state index contributed by atoms with van der Waals surface area (Å²) < 4.78 is 24.6. The third kappa shape index (κ3) is 7.31. The third-order valence-electron chi connectivity index (χ3n) is 2.61. The number of carbonyl (C=O) groups is 1. The molecule has 0 saturated carbocycles. The zero-order valence-corrected chi connectivity index (χ0v) is 13.6. The summed E-state index contributed by atoms with van der Waals surface area (Å²) in [5.41, 5.74) is 6.40. The molecular weight excluding hydrogens is 314 g/mol. The largest absolute Gasteiger partial charge is 0.328 e. The van der Waals surface area contributed by atoms with Crippen molar-refractivity contribution in [1.82, 2.24) is 0 Å². The normalized spacial score (nSPS) is 12.8. The number of anilines is 2. The van der Waals surface area contributed by atoms with Crippen LogP contribution in [0.2, 0.25) is 5.02 Å². The van der Waals surface area contributed by atoms with E-state index in [9.17, 15) is 13.2 Å². The minimum Gasteiger partial charge on any atom is -0.328 e. The highest BCUT2D eigenvalue weighted by Crippen LogP contribution is 2.26. The first-order valence-electron chi connectivity index (χ1n) is 6.50. The highest BCUT2D eigenvalue weighted by molar-refractivity contribution is 7.92.